The smallest absolute Gasteiger partial charge is 0.409 e. The molecule has 30 heteroatoms. The molecule has 0 aromatic heterocycles. The zero-order valence-corrected chi connectivity index (χ0v) is 58.6. The van der Waals surface area contributed by atoms with Crippen molar-refractivity contribution in [1.82, 2.24) is 26.2 Å². The molecule has 8 amide bonds. The van der Waals surface area contributed by atoms with Gasteiger partial charge in [-0.3, -0.25) is 34.1 Å². The van der Waals surface area contributed by atoms with Crippen molar-refractivity contribution in [3.05, 3.63) is 70.3 Å². The molecule has 11 atom stereocenters. The van der Waals surface area contributed by atoms with Crippen LogP contribution in [0.1, 0.15) is 116 Å². The molecule has 0 spiro atoms. The number of aliphatic hydroxyl groups is 1. The molecule has 3 aliphatic heterocycles. The lowest BCUT2D eigenvalue weighted by Crippen LogP contribution is -2.63. The van der Waals surface area contributed by atoms with Gasteiger partial charge >= 0.3 is 24.1 Å². The van der Waals surface area contributed by atoms with E-state index < -0.39 is 141 Å². The number of primary amides is 1. The lowest BCUT2D eigenvalue weighted by atomic mass is 9.83. The van der Waals surface area contributed by atoms with Crippen molar-refractivity contribution in [1.29, 1.82) is 0 Å². The highest BCUT2D eigenvalue weighted by Crippen LogP contribution is 2.49. The minimum Gasteiger partial charge on any atom is -0.495 e. The molecule has 5 rings (SSSR count). The number of methoxy groups -OCH3 is 2. The number of allylic oxidation sites excluding steroid dienone is 3. The van der Waals surface area contributed by atoms with E-state index in [0.717, 1.165) is 28.9 Å². The monoisotopic (exact) mass is 1460 g/mol. The van der Waals surface area contributed by atoms with E-state index >= 15 is 0 Å². The average Bonchev–Trinajstić information content (AvgIpc) is 1.57. The molecule has 2 aromatic rings. The van der Waals surface area contributed by atoms with E-state index in [1.54, 1.807) is 65.0 Å². The Morgan fingerprint density at radius 1 is 0.978 bits per heavy atom. The number of hydrogen-bond acceptors (Lipinski definition) is 18. The van der Waals surface area contributed by atoms with Crippen LogP contribution in [0.15, 0.2) is 59.0 Å². The van der Waals surface area contributed by atoms with Crippen molar-refractivity contribution < 1.29 is 85.1 Å². The van der Waals surface area contributed by atoms with Crippen LogP contribution in [0.2, 0.25) is 5.02 Å². The van der Waals surface area contributed by atoms with E-state index in [0.29, 0.717) is 41.9 Å². The van der Waals surface area contributed by atoms with Gasteiger partial charge in [-0.2, -0.15) is 0 Å². The summed E-state index contributed by atoms with van der Waals surface area (Å²) in [5.74, 6) is -6.13. The predicted octanol–water partition coefficient (Wildman–Crippen LogP) is 6.14. The second-order valence-corrected chi connectivity index (χ2v) is 27.7. The fourth-order valence-electron chi connectivity index (χ4n) is 10.7. The van der Waals surface area contributed by atoms with E-state index in [2.05, 4.69) is 58.4 Å². The molecule has 92 heavy (non-hydrogen) atoms. The molecule has 3 aliphatic rings. The van der Waals surface area contributed by atoms with Crippen LogP contribution in [-0.4, -0.2) is 184 Å². The molecule has 0 radical (unpaired) electrons. The largest absolute Gasteiger partial charge is 0.495 e. The molecule has 8 N–H and O–H groups in total. The summed E-state index contributed by atoms with van der Waals surface area (Å²) in [6.45, 7) is 11.7. The van der Waals surface area contributed by atoms with Crippen LogP contribution in [0.4, 0.5) is 21.0 Å². The number of sulfone groups is 1. The Morgan fingerprint density at radius 2 is 1.66 bits per heavy atom. The highest BCUT2D eigenvalue weighted by Gasteiger charge is 2.64. The molecule has 2 aromatic carbocycles. The maximum absolute atomic E-state index is 14.6. The summed E-state index contributed by atoms with van der Waals surface area (Å²) >= 11 is 13.4. The number of carbonyl (C=O) groups excluding carboxylic acids is 9. The van der Waals surface area contributed by atoms with Crippen LogP contribution in [0, 0.1) is 17.8 Å². The average molecular weight is 1460 g/mol. The van der Waals surface area contributed by atoms with Gasteiger partial charge in [0.1, 0.15) is 52.8 Å². The number of epoxide rings is 1. The molecule has 26 nitrogen and oxygen atoms in total. The maximum Gasteiger partial charge on any atom is 0.409 e. The molecule has 510 valence electrons. The first kappa shape index (κ1) is 76.3. The SMILES string of the molecule is COc1cc2cc(c1Cl)N(C)C(=O)C[C@H](OC(=O)[C@H](C)N(C)C(=O)c1ccc(NC(=O)[C@H](CCCNC(N)=O)NC(=O)[C@@H](NC(=O)CCCCC(C)OC(=O)C(CBr)CBr)C(C)C)c(S(C)(=O)=O)c1)[C@]1(C)O[C@H]1[C@H](C)[C@@H]1C[C@@](O)(NC(=O)O1)[C@H](OC)/C=C/C=C(\C)C2. The number of amides is 8. The van der Waals surface area contributed by atoms with Gasteiger partial charge in [-0.1, -0.05) is 88.0 Å². The van der Waals surface area contributed by atoms with Gasteiger partial charge < -0.3 is 70.3 Å². The van der Waals surface area contributed by atoms with Crippen molar-refractivity contribution in [2.24, 2.45) is 23.5 Å². The van der Waals surface area contributed by atoms with Gasteiger partial charge in [0.15, 0.2) is 15.6 Å². The summed E-state index contributed by atoms with van der Waals surface area (Å²) < 4.78 is 62.1. The normalized spacial score (nSPS) is 24.0. The van der Waals surface area contributed by atoms with Crippen molar-refractivity contribution >= 4 is 118 Å². The predicted molar refractivity (Wildman–Crippen MR) is 349 cm³/mol. The number of halogens is 3. The summed E-state index contributed by atoms with van der Waals surface area (Å²) in [6, 6.07) is 2.07. The van der Waals surface area contributed by atoms with E-state index in [1.165, 1.54) is 46.2 Å². The fourth-order valence-corrected chi connectivity index (χ4v) is 13.5. The summed E-state index contributed by atoms with van der Waals surface area (Å²) in [7, 11) is 1.30. The number of unbranched alkanes of at least 4 members (excludes halogenated alkanes) is 1. The number of nitrogens with zero attached hydrogens (tertiary/aromatic N) is 2. The minimum atomic E-state index is -4.27. The van der Waals surface area contributed by atoms with Crippen LogP contribution < -0.4 is 42.0 Å². The first-order valence-electron chi connectivity index (χ1n) is 30.1. The Balaban J connectivity index is 1.37. The maximum atomic E-state index is 14.6. The number of ether oxygens (including phenoxy) is 6. The first-order chi connectivity index (χ1) is 43.1. The van der Waals surface area contributed by atoms with Crippen molar-refractivity contribution in [2.45, 2.75) is 171 Å². The molecule has 4 bridgehead atoms. The Labute approximate surface area is 559 Å². The quantitative estimate of drug-likeness (QED) is 0.0183. The number of hydrogen-bond donors (Lipinski definition) is 7. The fraction of sp³-hybridized carbons (Fsp3) is 0.597. The lowest BCUT2D eigenvalue weighted by Gasteiger charge is -2.42. The lowest BCUT2D eigenvalue weighted by molar-refractivity contribution is -0.158. The molecular weight excluding hydrogens is 1370 g/mol. The number of urea groups is 1. The second-order valence-electron chi connectivity index (χ2n) is 24.1. The molecule has 1 unspecified atom stereocenters. The van der Waals surface area contributed by atoms with Gasteiger partial charge in [-0.05, 0) is 108 Å². The second kappa shape index (κ2) is 33.6. The van der Waals surface area contributed by atoms with E-state index in [9.17, 15) is 56.7 Å². The number of benzene rings is 2. The summed E-state index contributed by atoms with van der Waals surface area (Å²) in [4.78, 5) is 124. The molecular formula is C62H87Br2ClN8O18S. The highest BCUT2D eigenvalue weighted by atomic mass is 79.9. The van der Waals surface area contributed by atoms with Gasteiger partial charge in [0.25, 0.3) is 5.91 Å². The third-order valence-corrected chi connectivity index (χ3v) is 19.6. The minimum absolute atomic E-state index is 0.00561. The van der Waals surface area contributed by atoms with Gasteiger partial charge in [-0.25, -0.2) is 22.8 Å². The Kier molecular flexibility index (Phi) is 27.9. The van der Waals surface area contributed by atoms with E-state index in [1.807, 2.05) is 6.92 Å². The number of nitrogens with two attached hydrogens (primary N) is 1. The van der Waals surface area contributed by atoms with Crippen LogP contribution in [0.3, 0.4) is 0 Å². The third kappa shape index (κ3) is 20.3. The van der Waals surface area contributed by atoms with Gasteiger partial charge in [-0.15, -0.1) is 0 Å². The van der Waals surface area contributed by atoms with Crippen LogP contribution in [-0.2, 0) is 68.7 Å². The van der Waals surface area contributed by atoms with Crippen LogP contribution in [0.5, 0.6) is 5.75 Å². The number of carbonyl (C=O) groups is 9. The molecule has 2 fully saturated rings. The van der Waals surface area contributed by atoms with Gasteiger partial charge in [0.2, 0.25) is 23.6 Å². The Morgan fingerprint density at radius 3 is 2.28 bits per heavy atom. The number of fused-ring (bicyclic) bond motifs is 5. The van der Waals surface area contributed by atoms with Crippen molar-refractivity contribution in [3.63, 3.8) is 0 Å². The molecule has 3 heterocycles. The summed E-state index contributed by atoms with van der Waals surface area (Å²) in [5, 5.41) is 25.8. The van der Waals surface area contributed by atoms with Crippen LogP contribution >= 0.6 is 43.5 Å². The molecule has 2 saturated heterocycles. The molecule has 0 aliphatic carbocycles. The van der Waals surface area contributed by atoms with Gasteiger partial charge in [0.05, 0.1) is 47.9 Å². The number of likely N-dealkylation sites (N-methyl/N-ethyl adjacent to an activating group) is 1. The number of alkyl carbamates (subject to hydrolysis) is 1. The Hall–Kier alpha value is -6.37. The third-order valence-electron chi connectivity index (χ3n) is 16.5. The summed E-state index contributed by atoms with van der Waals surface area (Å²) in [6.07, 6.45) is 1.51. The number of esters is 2. The first-order valence-corrected chi connectivity index (χ1v) is 34.6. The van der Waals surface area contributed by atoms with Crippen molar-refractivity contribution in [3.8, 4) is 5.75 Å². The zero-order chi connectivity index (χ0) is 68.7. The van der Waals surface area contributed by atoms with Crippen LogP contribution in [0.25, 0.3) is 0 Å². The Bertz CT molecular complexity index is 3230. The number of nitrogens with one attached hydrogen (secondary N) is 5. The highest BCUT2D eigenvalue weighted by molar-refractivity contribution is 9.09. The topological polar surface area (TPSA) is 359 Å². The number of alkyl halides is 2. The summed E-state index contributed by atoms with van der Waals surface area (Å²) in [5.41, 5.74) is 3.17. The number of rotatable bonds is 26. The zero-order valence-electron chi connectivity index (χ0n) is 53.9. The van der Waals surface area contributed by atoms with E-state index in [-0.39, 0.29) is 71.8 Å². The number of anilines is 2. The van der Waals surface area contributed by atoms with Gasteiger partial charge in [0, 0.05) is 69.0 Å². The van der Waals surface area contributed by atoms with E-state index in [4.69, 9.17) is 45.8 Å². The van der Waals surface area contributed by atoms with Crippen molar-refractivity contribution in [2.75, 3.05) is 62.0 Å². The standard InChI is InChI=1S/C62H87Br2ClN8O18S/c1-33(2)52(70-49(74)21-14-13-18-35(4)88-58(80)40(31-63)32-64)55(77)69-42(19-16-24-67-59(66)81)54(76)68-41-23-22-39(28-46(41)92(12,84)85)56(78)72(8)37(6)57(79)90-48-29-50(75)73(9)43-26-38(27-44(86-10)51(43)65)25-34(3)17-15-20-47(87-11)62(83)30-45(89-60(82)71-62)36(5)53-61(48,7)91-53/h15,17,20,22-23,26-28,33,35-37,40,42,45,47-48,52-53,83H,13-14,16,18-19,21,24-25,29-32H2,1-12H3,(H,68,76)(H,69,77)(H,70,74)(H,71,82)(H3,66,67,81)/b20-15+,34-17+/t35?,36-,37+,42+,45+,47-,48+,52+,53+,61+,62+/m1/s1. The molecule has 0 saturated carbocycles.